The van der Waals surface area contributed by atoms with E-state index < -0.39 is 0 Å². The van der Waals surface area contributed by atoms with Gasteiger partial charge >= 0.3 is 0 Å². The van der Waals surface area contributed by atoms with Crippen molar-refractivity contribution in [1.29, 1.82) is 0 Å². The van der Waals surface area contributed by atoms with E-state index in [0.29, 0.717) is 11.9 Å². The summed E-state index contributed by atoms with van der Waals surface area (Å²) in [6.07, 6.45) is 1.88. The highest BCUT2D eigenvalue weighted by Crippen LogP contribution is 2.41. The first-order chi connectivity index (χ1) is 14.9. The van der Waals surface area contributed by atoms with Crippen molar-refractivity contribution in [2.75, 3.05) is 5.75 Å². The van der Waals surface area contributed by atoms with Crippen LogP contribution in [-0.2, 0) is 24.2 Å². The maximum atomic E-state index is 6.06. The van der Waals surface area contributed by atoms with Crippen LogP contribution >= 0.6 is 34.9 Å². The molecule has 0 aliphatic carbocycles. The van der Waals surface area contributed by atoms with Gasteiger partial charge in [-0.25, -0.2) is 9.38 Å². The third kappa shape index (κ3) is 4.23. The Morgan fingerprint density at radius 1 is 1.16 bits per heavy atom. The van der Waals surface area contributed by atoms with Crippen molar-refractivity contribution in [3.63, 3.8) is 0 Å². The molecule has 0 fully saturated rings. The van der Waals surface area contributed by atoms with Gasteiger partial charge in [-0.05, 0) is 31.4 Å². The van der Waals surface area contributed by atoms with Crippen molar-refractivity contribution >= 4 is 50.7 Å². The molecule has 162 valence electrons. The van der Waals surface area contributed by atoms with Crippen molar-refractivity contribution in [2.45, 2.75) is 68.3 Å². The number of ether oxygens (including phenoxy) is 1. The van der Waals surface area contributed by atoms with Gasteiger partial charge < -0.3 is 4.74 Å². The van der Waals surface area contributed by atoms with Crippen molar-refractivity contribution in [3.05, 3.63) is 46.3 Å². The molecule has 0 unspecified atom stereocenters. The SMILES string of the molecule is CC(C)Sc1nc2sc3c(c2c2nnc(SCCc4ccccc4)n12)CC(C)(C)OC3. The van der Waals surface area contributed by atoms with Crippen LogP contribution in [0.1, 0.15) is 43.7 Å². The minimum absolute atomic E-state index is 0.170. The second-order valence-corrected chi connectivity index (χ2v) is 12.4. The third-order valence-electron chi connectivity index (χ3n) is 5.32. The van der Waals surface area contributed by atoms with Crippen LogP contribution in [0.15, 0.2) is 40.6 Å². The van der Waals surface area contributed by atoms with Gasteiger partial charge in [-0.2, -0.15) is 0 Å². The van der Waals surface area contributed by atoms with E-state index in [1.54, 1.807) is 34.9 Å². The zero-order chi connectivity index (χ0) is 21.6. The lowest BCUT2D eigenvalue weighted by Crippen LogP contribution is -2.31. The first-order valence-corrected chi connectivity index (χ1v) is 13.3. The molecule has 5 nitrogen and oxygen atoms in total. The minimum atomic E-state index is -0.170. The van der Waals surface area contributed by atoms with Crippen LogP contribution in [0, 0.1) is 0 Å². The third-order valence-corrected chi connectivity index (χ3v) is 8.31. The number of aryl methyl sites for hydroxylation is 1. The molecule has 3 aromatic heterocycles. The number of hydrogen-bond donors (Lipinski definition) is 0. The standard InChI is InChI=1S/C23H26N4OS3/c1-14(2)30-21-24-20-18(16-12-23(3,4)28-13-17(16)31-20)19-25-26-22(27(19)21)29-11-10-15-8-6-5-7-9-15/h5-9,14H,10-13H2,1-4H3. The summed E-state index contributed by atoms with van der Waals surface area (Å²) in [7, 11) is 0. The van der Waals surface area contributed by atoms with Gasteiger partial charge in [0.1, 0.15) is 4.83 Å². The lowest BCUT2D eigenvalue weighted by atomic mass is 9.94. The van der Waals surface area contributed by atoms with Gasteiger partial charge in [0.2, 0.25) is 0 Å². The Morgan fingerprint density at radius 2 is 1.97 bits per heavy atom. The van der Waals surface area contributed by atoms with E-state index in [2.05, 4.69) is 72.6 Å². The zero-order valence-corrected chi connectivity index (χ0v) is 20.7. The highest BCUT2D eigenvalue weighted by Gasteiger charge is 2.31. The van der Waals surface area contributed by atoms with Crippen LogP contribution in [0.2, 0.25) is 0 Å². The molecule has 0 atom stereocenters. The smallest absolute Gasteiger partial charge is 0.197 e. The highest BCUT2D eigenvalue weighted by molar-refractivity contribution is 8.00. The summed E-state index contributed by atoms with van der Waals surface area (Å²) in [6.45, 7) is 9.36. The van der Waals surface area contributed by atoms with Crippen LogP contribution < -0.4 is 0 Å². The number of hydrogen-bond acceptors (Lipinski definition) is 7. The molecule has 31 heavy (non-hydrogen) atoms. The maximum Gasteiger partial charge on any atom is 0.197 e. The van der Waals surface area contributed by atoms with Gasteiger partial charge in [0, 0.05) is 22.3 Å². The average Bonchev–Trinajstić information content (AvgIpc) is 3.29. The highest BCUT2D eigenvalue weighted by atomic mass is 32.2. The summed E-state index contributed by atoms with van der Waals surface area (Å²) in [5.74, 6) is 0.956. The van der Waals surface area contributed by atoms with Crippen molar-refractivity contribution < 1.29 is 4.74 Å². The van der Waals surface area contributed by atoms with E-state index in [-0.39, 0.29) is 5.60 Å². The Labute approximate surface area is 195 Å². The predicted molar refractivity (Wildman–Crippen MR) is 131 cm³/mol. The maximum absolute atomic E-state index is 6.06. The Morgan fingerprint density at radius 3 is 2.74 bits per heavy atom. The van der Waals surface area contributed by atoms with Crippen molar-refractivity contribution in [1.82, 2.24) is 19.6 Å². The molecule has 0 N–H and O–H groups in total. The summed E-state index contributed by atoms with van der Waals surface area (Å²) in [5, 5.41) is 12.8. The molecule has 8 heteroatoms. The fourth-order valence-electron chi connectivity index (χ4n) is 3.88. The second kappa shape index (κ2) is 8.39. The van der Waals surface area contributed by atoms with E-state index in [0.717, 1.165) is 44.8 Å². The number of fused-ring (bicyclic) bond motifs is 5. The van der Waals surface area contributed by atoms with E-state index in [1.165, 1.54) is 16.0 Å². The fraction of sp³-hybridized carbons (Fsp3) is 0.435. The quantitative estimate of drug-likeness (QED) is 0.253. The Kier molecular flexibility index (Phi) is 5.75. The molecule has 1 aliphatic heterocycles. The molecular formula is C23H26N4OS3. The van der Waals surface area contributed by atoms with Gasteiger partial charge in [0.25, 0.3) is 0 Å². The molecule has 0 bridgehead atoms. The van der Waals surface area contributed by atoms with E-state index >= 15 is 0 Å². The van der Waals surface area contributed by atoms with Gasteiger partial charge in [0.05, 0.1) is 17.6 Å². The summed E-state index contributed by atoms with van der Waals surface area (Å²) >= 11 is 5.27. The number of thiophene rings is 1. The molecule has 0 spiro atoms. The number of aromatic nitrogens is 4. The van der Waals surface area contributed by atoms with Gasteiger partial charge in [-0.1, -0.05) is 67.7 Å². The molecule has 0 radical (unpaired) electrons. The molecule has 5 rings (SSSR count). The molecule has 0 amide bonds. The topological polar surface area (TPSA) is 52.3 Å². The first-order valence-electron chi connectivity index (χ1n) is 10.6. The lowest BCUT2D eigenvalue weighted by molar-refractivity contribution is -0.0379. The number of thioether (sulfide) groups is 2. The summed E-state index contributed by atoms with van der Waals surface area (Å²) in [6, 6.07) is 10.6. The number of nitrogens with zero attached hydrogens (tertiary/aromatic N) is 4. The zero-order valence-electron chi connectivity index (χ0n) is 18.2. The molecule has 1 aromatic carbocycles. The van der Waals surface area contributed by atoms with Gasteiger partial charge in [-0.3, -0.25) is 0 Å². The monoisotopic (exact) mass is 470 g/mol. The van der Waals surface area contributed by atoms with Crippen molar-refractivity contribution in [3.8, 4) is 0 Å². The molecule has 0 saturated carbocycles. The Bertz CT molecular complexity index is 1230. The Hall–Kier alpha value is -1.61. The first kappa shape index (κ1) is 21.2. The molecular weight excluding hydrogens is 444 g/mol. The number of benzene rings is 1. The number of rotatable bonds is 6. The molecule has 1 aliphatic rings. The summed E-state index contributed by atoms with van der Waals surface area (Å²) in [4.78, 5) is 7.42. The summed E-state index contributed by atoms with van der Waals surface area (Å²) in [5.41, 5.74) is 3.44. The lowest BCUT2D eigenvalue weighted by Gasteiger charge is -2.30. The minimum Gasteiger partial charge on any atom is -0.370 e. The van der Waals surface area contributed by atoms with E-state index in [4.69, 9.17) is 9.72 Å². The van der Waals surface area contributed by atoms with Gasteiger partial charge in [0.15, 0.2) is 16.0 Å². The van der Waals surface area contributed by atoms with Crippen LogP contribution in [0.5, 0.6) is 0 Å². The Balaban J connectivity index is 1.57. The van der Waals surface area contributed by atoms with E-state index in [1.807, 2.05) is 0 Å². The fourth-order valence-corrected chi connectivity index (χ4v) is 6.86. The van der Waals surface area contributed by atoms with Gasteiger partial charge in [-0.15, -0.1) is 21.5 Å². The normalized spacial score (nSPS) is 15.8. The predicted octanol–water partition coefficient (Wildman–Crippen LogP) is 6.03. The van der Waals surface area contributed by atoms with Crippen molar-refractivity contribution in [2.24, 2.45) is 0 Å². The molecule has 4 heterocycles. The van der Waals surface area contributed by atoms with E-state index in [9.17, 15) is 0 Å². The second-order valence-electron chi connectivity index (χ2n) is 8.70. The van der Waals surface area contributed by atoms with Crippen LogP contribution in [0.25, 0.3) is 15.9 Å². The molecule has 4 aromatic rings. The molecule has 0 saturated heterocycles. The van der Waals surface area contributed by atoms with Crippen LogP contribution in [-0.4, -0.2) is 36.2 Å². The largest absolute Gasteiger partial charge is 0.370 e. The average molecular weight is 471 g/mol. The summed E-state index contributed by atoms with van der Waals surface area (Å²) < 4.78 is 8.24. The van der Waals surface area contributed by atoms with Crippen LogP contribution in [0.3, 0.4) is 0 Å². The van der Waals surface area contributed by atoms with Crippen LogP contribution in [0.4, 0.5) is 0 Å².